The van der Waals surface area contributed by atoms with Gasteiger partial charge in [-0.25, -0.2) is 4.98 Å². The fourth-order valence-corrected chi connectivity index (χ4v) is 4.59. The van der Waals surface area contributed by atoms with Crippen LogP contribution in [0.2, 0.25) is 0 Å². The Labute approximate surface area is 180 Å². The van der Waals surface area contributed by atoms with Crippen molar-refractivity contribution in [1.29, 1.82) is 0 Å². The minimum absolute atomic E-state index is 0.627. The van der Waals surface area contributed by atoms with E-state index >= 15 is 0 Å². The smallest absolute Gasteiger partial charge is 0.138 e. The highest BCUT2D eigenvalue weighted by atomic mass is 15.1. The zero-order valence-electron chi connectivity index (χ0n) is 17.4. The van der Waals surface area contributed by atoms with Gasteiger partial charge >= 0.3 is 0 Å². The predicted octanol–water partition coefficient (Wildman–Crippen LogP) is 5.57. The van der Waals surface area contributed by atoms with Gasteiger partial charge in [-0.2, -0.15) is 10.2 Å². The number of hydrogen-bond acceptors (Lipinski definition) is 5. The monoisotopic (exact) mass is 408 g/mol. The second-order valence-corrected chi connectivity index (χ2v) is 8.41. The van der Waals surface area contributed by atoms with Crippen molar-refractivity contribution in [3.63, 3.8) is 0 Å². The van der Waals surface area contributed by atoms with Gasteiger partial charge in [0.15, 0.2) is 0 Å². The number of piperidine rings is 1. The molecule has 5 heterocycles. The van der Waals surface area contributed by atoms with E-state index in [0.29, 0.717) is 6.54 Å². The van der Waals surface area contributed by atoms with Crippen molar-refractivity contribution in [2.75, 3.05) is 19.6 Å². The first-order valence-corrected chi connectivity index (χ1v) is 11.0. The Morgan fingerprint density at radius 2 is 1.74 bits per heavy atom. The first kappa shape index (κ1) is 18.4. The second kappa shape index (κ2) is 7.71. The SMILES string of the molecule is C1=C(c2cc3c(cn2)[nH]c2ncc(-c4ccc(CN5CCCCC5)cc4)cc23)N=NC1. The highest BCUT2D eigenvalue weighted by molar-refractivity contribution is 6.07. The van der Waals surface area contributed by atoms with Crippen molar-refractivity contribution in [3.8, 4) is 11.1 Å². The van der Waals surface area contributed by atoms with Crippen LogP contribution < -0.4 is 0 Å². The normalized spacial score (nSPS) is 17.0. The lowest BCUT2D eigenvalue weighted by atomic mass is 10.0. The average Bonchev–Trinajstić information content (AvgIpc) is 3.48. The van der Waals surface area contributed by atoms with Gasteiger partial charge in [0, 0.05) is 29.1 Å². The Morgan fingerprint density at radius 3 is 2.55 bits per heavy atom. The predicted molar refractivity (Wildman–Crippen MR) is 124 cm³/mol. The van der Waals surface area contributed by atoms with E-state index in [0.717, 1.165) is 45.4 Å². The first-order valence-electron chi connectivity index (χ1n) is 11.0. The Bertz CT molecular complexity index is 1310. The molecule has 4 aromatic rings. The fourth-order valence-electron chi connectivity index (χ4n) is 4.59. The molecule has 6 nitrogen and oxygen atoms in total. The molecule has 3 aromatic heterocycles. The van der Waals surface area contributed by atoms with E-state index in [1.54, 1.807) is 0 Å². The maximum absolute atomic E-state index is 4.69. The zero-order valence-corrected chi connectivity index (χ0v) is 17.4. The fraction of sp³-hybridized carbons (Fsp3) is 0.280. The van der Waals surface area contributed by atoms with Crippen molar-refractivity contribution in [2.45, 2.75) is 25.8 Å². The summed E-state index contributed by atoms with van der Waals surface area (Å²) in [6.07, 6.45) is 9.82. The molecule has 0 amide bonds. The van der Waals surface area contributed by atoms with Gasteiger partial charge in [-0.15, -0.1) is 0 Å². The van der Waals surface area contributed by atoms with Crippen LogP contribution in [0.5, 0.6) is 0 Å². The van der Waals surface area contributed by atoms with Crippen molar-refractivity contribution in [2.24, 2.45) is 10.2 Å². The van der Waals surface area contributed by atoms with Crippen LogP contribution in [0.1, 0.15) is 30.5 Å². The van der Waals surface area contributed by atoms with Gasteiger partial charge in [0.25, 0.3) is 0 Å². The molecule has 154 valence electrons. The Balaban J connectivity index is 1.33. The van der Waals surface area contributed by atoms with Crippen LogP contribution in [0, 0.1) is 0 Å². The van der Waals surface area contributed by atoms with Gasteiger partial charge < -0.3 is 4.98 Å². The van der Waals surface area contributed by atoms with Crippen LogP contribution >= 0.6 is 0 Å². The third-order valence-electron chi connectivity index (χ3n) is 6.28. The first-order chi connectivity index (χ1) is 15.3. The number of nitrogens with zero attached hydrogens (tertiary/aromatic N) is 5. The average molecular weight is 409 g/mol. The molecule has 0 atom stereocenters. The summed E-state index contributed by atoms with van der Waals surface area (Å²) in [6.45, 7) is 4.11. The largest absolute Gasteiger partial charge is 0.338 e. The number of hydrogen-bond donors (Lipinski definition) is 1. The van der Waals surface area contributed by atoms with Crippen LogP contribution in [0.4, 0.5) is 0 Å². The molecular weight excluding hydrogens is 384 g/mol. The molecule has 0 radical (unpaired) electrons. The van der Waals surface area contributed by atoms with E-state index in [1.165, 1.54) is 43.5 Å². The number of azo groups is 1. The molecular formula is C25H24N6. The lowest BCUT2D eigenvalue weighted by Crippen LogP contribution is -2.28. The summed E-state index contributed by atoms with van der Waals surface area (Å²) in [5.74, 6) is 0. The summed E-state index contributed by atoms with van der Waals surface area (Å²) < 4.78 is 0. The molecule has 31 heavy (non-hydrogen) atoms. The van der Waals surface area contributed by atoms with Gasteiger partial charge in [0.05, 0.1) is 24.0 Å². The van der Waals surface area contributed by atoms with Gasteiger partial charge in [0.1, 0.15) is 11.3 Å². The van der Waals surface area contributed by atoms with Crippen LogP contribution in [0.25, 0.3) is 38.8 Å². The minimum atomic E-state index is 0.627. The van der Waals surface area contributed by atoms with E-state index < -0.39 is 0 Å². The minimum Gasteiger partial charge on any atom is -0.338 e. The molecule has 2 aliphatic rings. The number of fused-ring (bicyclic) bond motifs is 3. The molecule has 1 fully saturated rings. The lowest BCUT2D eigenvalue weighted by Gasteiger charge is -2.26. The summed E-state index contributed by atoms with van der Waals surface area (Å²) in [5, 5.41) is 10.4. The van der Waals surface area contributed by atoms with E-state index in [4.69, 9.17) is 0 Å². The second-order valence-electron chi connectivity index (χ2n) is 8.41. The van der Waals surface area contributed by atoms with Gasteiger partial charge in [0.2, 0.25) is 0 Å². The van der Waals surface area contributed by atoms with Crippen molar-refractivity contribution in [1.82, 2.24) is 19.9 Å². The van der Waals surface area contributed by atoms with Crippen LogP contribution in [0.3, 0.4) is 0 Å². The van der Waals surface area contributed by atoms with Crippen molar-refractivity contribution < 1.29 is 0 Å². The summed E-state index contributed by atoms with van der Waals surface area (Å²) in [5.41, 5.74) is 7.23. The van der Waals surface area contributed by atoms with Gasteiger partial charge in [-0.05, 0) is 55.3 Å². The molecule has 0 spiro atoms. The number of likely N-dealkylation sites (tertiary alicyclic amines) is 1. The molecule has 0 bridgehead atoms. The van der Waals surface area contributed by atoms with Gasteiger partial charge in [-0.1, -0.05) is 30.7 Å². The maximum atomic E-state index is 4.69. The molecule has 0 saturated carbocycles. The summed E-state index contributed by atoms with van der Waals surface area (Å²) in [4.78, 5) is 15.2. The number of aromatic amines is 1. The van der Waals surface area contributed by atoms with Crippen LogP contribution in [-0.2, 0) is 6.54 Å². The summed E-state index contributed by atoms with van der Waals surface area (Å²) in [6, 6.07) is 13.2. The topological polar surface area (TPSA) is 69.5 Å². The van der Waals surface area contributed by atoms with Crippen LogP contribution in [-0.4, -0.2) is 39.5 Å². The van der Waals surface area contributed by atoms with Crippen molar-refractivity contribution in [3.05, 3.63) is 66.1 Å². The molecule has 2 aliphatic heterocycles. The zero-order chi connectivity index (χ0) is 20.6. The third-order valence-corrected chi connectivity index (χ3v) is 6.28. The maximum Gasteiger partial charge on any atom is 0.138 e. The molecule has 1 aromatic carbocycles. The Hall–Kier alpha value is -3.38. The Kier molecular flexibility index (Phi) is 4.57. The van der Waals surface area contributed by atoms with Crippen molar-refractivity contribution >= 4 is 27.6 Å². The summed E-state index contributed by atoms with van der Waals surface area (Å²) >= 11 is 0. The lowest BCUT2D eigenvalue weighted by molar-refractivity contribution is 0.221. The molecule has 0 aliphatic carbocycles. The number of H-pyrrole nitrogens is 1. The number of benzene rings is 1. The number of nitrogens with one attached hydrogen (secondary N) is 1. The van der Waals surface area contributed by atoms with Crippen LogP contribution in [0.15, 0.2) is 65.1 Å². The number of aromatic nitrogens is 3. The molecule has 1 N–H and O–H groups in total. The van der Waals surface area contributed by atoms with E-state index in [9.17, 15) is 0 Å². The molecule has 6 rings (SSSR count). The van der Waals surface area contributed by atoms with E-state index in [-0.39, 0.29) is 0 Å². The highest BCUT2D eigenvalue weighted by Gasteiger charge is 2.13. The van der Waals surface area contributed by atoms with Gasteiger partial charge in [-0.3, -0.25) is 9.88 Å². The highest BCUT2D eigenvalue weighted by Crippen LogP contribution is 2.30. The standard InChI is InChI=1S/C25H24N6/c1-2-10-31(11-3-1)16-17-4-6-18(7-5-17)19-12-21-20-13-23(22-8-9-28-30-22)26-15-24(20)29-25(21)27-14-19/h4-8,12-15H,1-3,9-11,16H2,(H,27,29). The molecule has 0 unspecified atom stereocenters. The molecule has 1 saturated heterocycles. The molecule has 6 heteroatoms. The van der Waals surface area contributed by atoms with E-state index in [2.05, 4.69) is 66.5 Å². The quantitative estimate of drug-likeness (QED) is 0.480. The number of pyridine rings is 2. The summed E-state index contributed by atoms with van der Waals surface area (Å²) in [7, 11) is 0. The third kappa shape index (κ3) is 3.53. The Morgan fingerprint density at radius 1 is 0.871 bits per heavy atom. The number of rotatable bonds is 4. The van der Waals surface area contributed by atoms with E-state index in [1.807, 2.05) is 18.5 Å².